The van der Waals surface area contributed by atoms with Gasteiger partial charge in [0.15, 0.2) is 0 Å². The number of halogens is 1. The summed E-state index contributed by atoms with van der Waals surface area (Å²) < 4.78 is 5.51. The molecule has 1 aliphatic heterocycles. The summed E-state index contributed by atoms with van der Waals surface area (Å²) in [6.45, 7) is 0.651. The number of esters is 1. The fourth-order valence-corrected chi connectivity index (χ4v) is 2.44. The first-order valence-electron chi connectivity index (χ1n) is 5.91. The van der Waals surface area contributed by atoms with Crippen LogP contribution in [0.5, 0.6) is 0 Å². The summed E-state index contributed by atoms with van der Waals surface area (Å²) in [5.74, 6) is -0.333. The molecule has 0 aromatic heterocycles. The SMILES string of the molecule is COC(=O)CCN1C(=O)CN(C)c2ccc(Br)cc21. The third-order valence-corrected chi connectivity index (χ3v) is 3.57. The second kappa shape index (κ2) is 5.61. The number of hydrogen-bond donors (Lipinski definition) is 0. The molecule has 5 nitrogen and oxygen atoms in total. The lowest BCUT2D eigenvalue weighted by Gasteiger charge is -2.35. The molecular weight excluding hydrogens is 312 g/mol. The fourth-order valence-electron chi connectivity index (χ4n) is 2.09. The van der Waals surface area contributed by atoms with Crippen LogP contribution in [0.4, 0.5) is 11.4 Å². The van der Waals surface area contributed by atoms with Crippen LogP contribution in [0.1, 0.15) is 6.42 Å². The van der Waals surface area contributed by atoms with Gasteiger partial charge in [-0.05, 0) is 18.2 Å². The molecule has 2 rings (SSSR count). The Hall–Kier alpha value is -1.56. The van der Waals surface area contributed by atoms with Gasteiger partial charge < -0.3 is 14.5 Å². The molecule has 0 fully saturated rings. The third kappa shape index (κ3) is 2.89. The standard InChI is InChI=1S/C13H15BrN2O3/c1-15-8-12(17)16(6-5-13(18)19-2)11-7-9(14)3-4-10(11)15/h3-4,7H,5-6,8H2,1-2H3. The van der Waals surface area contributed by atoms with Crippen LogP contribution < -0.4 is 9.80 Å². The van der Waals surface area contributed by atoms with Crippen molar-refractivity contribution < 1.29 is 14.3 Å². The summed E-state index contributed by atoms with van der Waals surface area (Å²) in [6.07, 6.45) is 0.192. The molecule has 19 heavy (non-hydrogen) atoms. The number of methoxy groups -OCH3 is 1. The van der Waals surface area contributed by atoms with Crippen LogP contribution in [0, 0.1) is 0 Å². The van der Waals surface area contributed by atoms with Gasteiger partial charge in [-0.2, -0.15) is 0 Å². The summed E-state index contributed by atoms with van der Waals surface area (Å²) in [5, 5.41) is 0. The van der Waals surface area contributed by atoms with Gasteiger partial charge in [-0.1, -0.05) is 15.9 Å². The van der Waals surface area contributed by atoms with Crippen LogP contribution in [-0.4, -0.2) is 39.1 Å². The minimum atomic E-state index is -0.316. The lowest BCUT2D eigenvalue weighted by molar-refractivity contribution is -0.140. The number of nitrogens with zero attached hydrogens (tertiary/aromatic N) is 2. The lowest BCUT2D eigenvalue weighted by Crippen LogP contribution is -2.45. The Bertz CT molecular complexity index is 519. The highest BCUT2D eigenvalue weighted by atomic mass is 79.9. The maximum absolute atomic E-state index is 12.1. The zero-order chi connectivity index (χ0) is 14.0. The quantitative estimate of drug-likeness (QED) is 0.795. The number of benzene rings is 1. The first-order valence-corrected chi connectivity index (χ1v) is 6.70. The Balaban J connectivity index is 2.28. The van der Waals surface area contributed by atoms with Gasteiger partial charge in [-0.15, -0.1) is 0 Å². The van der Waals surface area contributed by atoms with Crippen molar-refractivity contribution in [1.29, 1.82) is 0 Å². The van der Waals surface area contributed by atoms with Gasteiger partial charge in [0.05, 0.1) is 31.5 Å². The number of carbonyl (C=O) groups excluding carboxylic acids is 2. The van der Waals surface area contributed by atoms with Crippen LogP contribution in [-0.2, 0) is 14.3 Å². The van der Waals surface area contributed by atoms with Crippen molar-refractivity contribution in [3.63, 3.8) is 0 Å². The summed E-state index contributed by atoms with van der Waals surface area (Å²) in [7, 11) is 3.22. The number of anilines is 2. The Labute approximate surface area is 120 Å². The monoisotopic (exact) mass is 326 g/mol. The smallest absolute Gasteiger partial charge is 0.307 e. The van der Waals surface area contributed by atoms with Crippen LogP contribution in [0.2, 0.25) is 0 Å². The van der Waals surface area contributed by atoms with E-state index in [4.69, 9.17) is 0 Å². The first kappa shape index (κ1) is 13.9. The van der Waals surface area contributed by atoms with E-state index in [1.54, 1.807) is 4.90 Å². The maximum Gasteiger partial charge on any atom is 0.307 e. The highest BCUT2D eigenvalue weighted by molar-refractivity contribution is 9.10. The second-order valence-corrected chi connectivity index (χ2v) is 5.28. The predicted octanol–water partition coefficient (Wildman–Crippen LogP) is 1.79. The number of carbonyl (C=O) groups is 2. The molecule has 6 heteroatoms. The fraction of sp³-hybridized carbons (Fsp3) is 0.385. The third-order valence-electron chi connectivity index (χ3n) is 3.08. The predicted molar refractivity (Wildman–Crippen MR) is 76.4 cm³/mol. The van der Waals surface area contributed by atoms with Crippen LogP contribution in [0.15, 0.2) is 22.7 Å². The summed E-state index contributed by atoms with van der Waals surface area (Å²) in [5.41, 5.74) is 1.80. The molecule has 0 atom stereocenters. The van der Waals surface area contributed by atoms with Crippen molar-refractivity contribution in [2.75, 3.05) is 37.0 Å². The Kier molecular flexibility index (Phi) is 4.09. The molecular formula is C13H15BrN2O3. The molecule has 0 bridgehead atoms. The zero-order valence-corrected chi connectivity index (χ0v) is 12.4. The normalized spacial score (nSPS) is 14.4. The van der Waals surface area contributed by atoms with Gasteiger partial charge in [-0.3, -0.25) is 9.59 Å². The van der Waals surface area contributed by atoms with E-state index in [0.29, 0.717) is 13.1 Å². The molecule has 0 unspecified atom stereocenters. The molecule has 0 N–H and O–H groups in total. The van der Waals surface area contributed by atoms with Crippen molar-refractivity contribution in [2.24, 2.45) is 0 Å². The van der Waals surface area contributed by atoms with Gasteiger partial charge in [0.2, 0.25) is 5.91 Å². The largest absolute Gasteiger partial charge is 0.469 e. The van der Waals surface area contributed by atoms with E-state index >= 15 is 0 Å². The molecule has 0 radical (unpaired) electrons. The van der Waals surface area contributed by atoms with Crippen molar-refractivity contribution in [2.45, 2.75) is 6.42 Å². The van der Waals surface area contributed by atoms with Crippen LogP contribution in [0.25, 0.3) is 0 Å². The number of amides is 1. The molecule has 0 aliphatic carbocycles. The van der Waals surface area contributed by atoms with Gasteiger partial charge >= 0.3 is 5.97 Å². The minimum absolute atomic E-state index is 0.0167. The molecule has 1 aromatic rings. The summed E-state index contributed by atoms with van der Waals surface area (Å²) in [6, 6.07) is 5.78. The highest BCUT2D eigenvalue weighted by Gasteiger charge is 2.27. The summed E-state index contributed by atoms with van der Waals surface area (Å²) in [4.78, 5) is 26.9. The maximum atomic E-state index is 12.1. The number of hydrogen-bond acceptors (Lipinski definition) is 4. The average Bonchev–Trinajstić information content (AvgIpc) is 2.37. The van der Waals surface area contributed by atoms with E-state index in [9.17, 15) is 9.59 Å². The molecule has 0 saturated heterocycles. The Morgan fingerprint density at radius 2 is 2.16 bits per heavy atom. The first-order chi connectivity index (χ1) is 9.02. The van der Waals surface area contributed by atoms with Crippen molar-refractivity contribution in [3.05, 3.63) is 22.7 Å². The van der Waals surface area contributed by atoms with E-state index in [-0.39, 0.29) is 18.3 Å². The van der Waals surface area contributed by atoms with Crippen LogP contribution in [0.3, 0.4) is 0 Å². The second-order valence-electron chi connectivity index (χ2n) is 4.36. The van der Waals surface area contributed by atoms with E-state index in [2.05, 4.69) is 20.7 Å². The number of rotatable bonds is 3. The molecule has 1 aromatic carbocycles. The molecule has 102 valence electrons. The van der Waals surface area contributed by atoms with E-state index in [1.807, 2.05) is 30.1 Å². The number of likely N-dealkylation sites (N-methyl/N-ethyl adjacent to an activating group) is 1. The van der Waals surface area contributed by atoms with E-state index in [0.717, 1.165) is 15.8 Å². The number of ether oxygens (including phenoxy) is 1. The van der Waals surface area contributed by atoms with Crippen molar-refractivity contribution >= 4 is 39.2 Å². The van der Waals surface area contributed by atoms with E-state index in [1.165, 1.54) is 7.11 Å². The molecule has 1 amide bonds. The van der Waals surface area contributed by atoms with Gasteiger partial charge in [0.1, 0.15) is 0 Å². The molecule has 1 aliphatic rings. The molecule has 0 saturated carbocycles. The van der Waals surface area contributed by atoms with Crippen LogP contribution >= 0.6 is 15.9 Å². The van der Waals surface area contributed by atoms with Crippen molar-refractivity contribution in [3.8, 4) is 0 Å². The topological polar surface area (TPSA) is 49.9 Å². The Morgan fingerprint density at radius 3 is 2.84 bits per heavy atom. The molecule has 1 heterocycles. The lowest BCUT2D eigenvalue weighted by atomic mass is 10.1. The van der Waals surface area contributed by atoms with E-state index < -0.39 is 0 Å². The van der Waals surface area contributed by atoms with Gasteiger partial charge in [0.25, 0.3) is 0 Å². The van der Waals surface area contributed by atoms with Gasteiger partial charge in [0, 0.05) is 18.1 Å². The molecule has 0 spiro atoms. The summed E-state index contributed by atoms with van der Waals surface area (Å²) >= 11 is 3.40. The average molecular weight is 327 g/mol. The zero-order valence-electron chi connectivity index (χ0n) is 10.9. The highest BCUT2D eigenvalue weighted by Crippen LogP contribution is 2.35. The van der Waals surface area contributed by atoms with Crippen molar-refractivity contribution in [1.82, 2.24) is 0 Å². The number of fused-ring (bicyclic) bond motifs is 1. The van der Waals surface area contributed by atoms with Gasteiger partial charge in [-0.25, -0.2) is 0 Å². The minimum Gasteiger partial charge on any atom is -0.469 e. The Morgan fingerprint density at radius 1 is 1.42 bits per heavy atom.